The number of hydrogen-bond donors (Lipinski definition) is 1. The van der Waals surface area contributed by atoms with Crippen LogP contribution in [0.15, 0.2) is 36.4 Å². The Bertz CT molecular complexity index is 731. The second-order valence-corrected chi connectivity index (χ2v) is 6.33. The molecule has 2 aromatic rings. The fourth-order valence-electron chi connectivity index (χ4n) is 2.45. The fourth-order valence-corrected chi connectivity index (χ4v) is 2.68. The van der Waals surface area contributed by atoms with Crippen molar-refractivity contribution in [3.8, 4) is 5.75 Å². The maximum atomic E-state index is 12.3. The minimum absolute atomic E-state index is 0.0455. The summed E-state index contributed by atoms with van der Waals surface area (Å²) in [5.41, 5.74) is 4.06. The van der Waals surface area contributed by atoms with Crippen molar-refractivity contribution >= 4 is 23.2 Å². The first-order chi connectivity index (χ1) is 11.4. The van der Waals surface area contributed by atoms with E-state index in [1.165, 1.54) is 0 Å². The highest BCUT2D eigenvalue weighted by Crippen LogP contribution is 2.23. The molecule has 0 heterocycles. The Hall–Kier alpha value is -2.04. The number of amides is 1. The number of nitrogens with zero attached hydrogens (tertiary/aromatic N) is 1. The molecule has 0 fully saturated rings. The molecule has 5 heteroatoms. The lowest BCUT2D eigenvalue weighted by molar-refractivity contribution is -0.117. The predicted octanol–water partition coefficient (Wildman–Crippen LogP) is 4.04. The Kier molecular flexibility index (Phi) is 6.23. The molecule has 0 aliphatic heterocycles. The Morgan fingerprint density at radius 1 is 1.25 bits per heavy atom. The van der Waals surface area contributed by atoms with E-state index in [2.05, 4.69) is 5.32 Å². The van der Waals surface area contributed by atoms with Gasteiger partial charge in [0.15, 0.2) is 0 Å². The molecular weight excluding hydrogens is 324 g/mol. The third-order valence-corrected chi connectivity index (χ3v) is 4.34. The van der Waals surface area contributed by atoms with Crippen LogP contribution < -0.4 is 10.1 Å². The van der Waals surface area contributed by atoms with E-state index < -0.39 is 0 Å². The molecule has 0 saturated carbocycles. The minimum atomic E-state index is -0.0455. The van der Waals surface area contributed by atoms with E-state index in [0.717, 1.165) is 28.1 Å². The summed E-state index contributed by atoms with van der Waals surface area (Å²) in [6, 6.07) is 11.5. The topological polar surface area (TPSA) is 41.6 Å². The smallest absolute Gasteiger partial charge is 0.238 e. The van der Waals surface area contributed by atoms with E-state index in [1.807, 2.05) is 56.1 Å². The van der Waals surface area contributed by atoms with Crippen molar-refractivity contribution in [3.63, 3.8) is 0 Å². The molecule has 0 aromatic heterocycles. The molecule has 0 radical (unpaired) electrons. The molecule has 1 amide bonds. The number of anilines is 1. The zero-order valence-corrected chi connectivity index (χ0v) is 15.3. The number of benzene rings is 2. The van der Waals surface area contributed by atoms with E-state index >= 15 is 0 Å². The maximum absolute atomic E-state index is 12.3. The van der Waals surface area contributed by atoms with Crippen LogP contribution in [0.2, 0.25) is 5.02 Å². The molecule has 1 N–H and O–H groups in total. The average Bonchev–Trinajstić information content (AvgIpc) is 2.53. The number of hydrogen-bond acceptors (Lipinski definition) is 3. The zero-order valence-electron chi connectivity index (χ0n) is 14.5. The lowest BCUT2D eigenvalue weighted by Gasteiger charge is -2.18. The Morgan fingerprint density at radius 3 is 2.67 bits per heavy atom. The molecule has 0 aliphatic carbocycles. The zero-order chi connectivity index (χ0) is 17.7. The third kappa shape index (κ3) is 4.73. The Morgan fingerprint density at radius 2 is 2.00 bits per heavy atom. The van der Waals surface area contributed by atoms with Gasteiger partial charge in [0, 0.05) is 17.3 Å². The van der Waals surface area contributed by atoms with Gasteiger partial charge in [-0.3, -0.25) is 9.69 Å². The fraction of sp³-hybridized carbons (Fsp3) is 0.316. The van der Waals surface area contributed by atoms with Crippen LogP contribution in [0.25, 0.3) is 0 Å². The van der Waals surface area contributed by atoms with Crippen molar-refractivity contribution in [2.45, 2.75) is 20.4 Å². The highest BCUT2D eigenvalue weighted by Gasteiger charge is 2.11. The number of halogens is 1. The van der Waals surface area contributed by atoms with E-state index in [1.54, 1.807) is 13.2 Å². The first-order valence-electron chi connectivity index (χ1n) is 7.77. The lowest BCUT2D eigenvalue weighted by Crippen LogP contribution is -2.30. The van der Waals surface area contributed by atoms with Gasteiger partial charge in [0.25, 0.3) is 0 Å². The van der Waals surface area contributed by atoms with Crippen LogP contribution >= 0.6 is 11.6 Å². The molecule has 2 aromatic carbocycles. The Labute approximate surface area is 148 Å². The third-order valence-electron chi connectivity index (χ3n) is 3.99. The van der Waals surface area contributed by atoms with E-state index in [0.29, 0.717) is 11.6 Å². The summed E-state index contributed by atoms with van der Waals surface area (Å²) >= 11 is 6.25. The Balaban J connectivity index is 1.95. The van der Waals surface area contributed by atoms with Crippen LogP contribution in [0, 0.1) is 13.8 Å². The number of carbonyl (C=O) groups excluding carboxylic acids is 1. The SMILES string of the molecule is COc1ccc(CN(C)CC(=O)Nc2cccc(C)c2C)c(Cl)c1. The minimum Gasteiger partial charge on any atom is -0.497 e. The van der Waals surface area contributed by atoms with Gasteiger partial charge >= 0.3 is 0 Å². The number of carbonyl (C=O) groups is 1. The van der Waals surface area contributed by atoms with Gasteiger partial charge in [-0.15, -0.1) is 0 Å². The summed E-state index contributed by atoms with van der Waals surface area (Å²) in [5.74, 6) is 0.676. The standard InChI is InChI=1S/C19H23ClN2O2/c1-13-6-5-7-18(14(13)2)21-19(23)12-22(3)11-15-8-9-16(24-4)10-17(15)20/h5-10H,11-12H2,1-4H3,(H,21,23). The first kappa shape index (κ1) is 18.3. The van der Waals surface area contributed by atoms with Gasteiger partial charge in [0.1, 0.15) is 5.75 Å². The molecule has 128 valence electrons. The van der Waals surface area contributed by atoms with Gasteiger partial charge < -0.3 is 10.1 Å². The maximum Gasteiger partial charge on any atom is 0.238 e. The summed E-state index contributed by atoms with van der Waals surface area (Å²) in [6.07, 6.45) is 0. The largest absolute Gasteiger partial charge is 0.497 e. The van der Waals surface area contributed by atoms with Crippen LogP contribution in [0.5, 0.6) is 5.75 Å². The van der Waals surface area contributed by atoms with Gasteiger partial charge in [0.2, 0.25) is 5.91 Å². The van der Waals surface area contributed by atoms with E-state index in [-0.39, 0.29) is 12.5 Å². The van der Waals surface area contributed by atoms with E-state index in [4.69, 9.17) is 16.3 Å². The van der Waals surface area contributed by atoms with Crippen LogP contribution in [-0.4, -0.2) is 31.5 Å². The monoisotopic (exact) mass is 346 g/mol. The van der Waals surface area contributed by atoms with Crippen molar-refractivity contribution in [2.75, 3.05) is 26.0 Å². The predicted molar refractivity (Wildman–Crippen MR) is 98.9 cm³/mol. The summed E-state index contributed by atoms with van der Waals surface area (Å²) in [4.78, 5) is 14.2. The van der Waals surface area contributed by atoms with Crippen molar-refractivity contribution in [3.05, 3.63) is 58.1 Å². The van der Waals surface area contributed by atoms with Gasteiger partial charge in [-0.05, 0) is 55.8 Å². The molecule has 0 unspecified atom stereocenters. The number of rotatable bonds is 6. The van der Waals surface area contributed by atoms with Crippen molar-refractivity contribution in [1.82, 2.24) is 4.90 Å². The average molecular weight is 347 g/mol. The number of ether oxygens (including phenoxy) is 1. The molecule has 24 heavy (non-hydrogen) atoms. The molecule has 4 nitrogen and oxygen atoms in total. The number of nitrogens with one attached hydrogen (secondary N) is 1. The van der Waals surface area contributed by atoms with Gasteiger partial charge in [-0.25, -0.2) is 0 Å². The molecule has 2 rings (SSSR count). The quantitative estimate of drug-likeness (QED) is 0.858. The molecule has 0 aliphatic rings. The van der Waals surface area contributed by atoms with E-state index in [9.17, 15) is 4.79 Å². The van der Waals surface area contributed by atoms with Crippen LogP contribution in [-0.2, 0) is 11.3 Å². The summed E-state index contributed by atoms with van der Waals surface area (Å²) in [6.45, 7) is 4.91. The van der Waals surface area contributed by atoms with Crippen molar-refractivity contribution in [1.29, 1.82) is 0 Å². The van der Waals surface area contributed by atoms with Gasteiger partial charge in [0.05, 0.1) is 13.7 Å². The first-order valence-corrected chi connectivity index (χ1v) is 8.15. The van der Waals surface area contributed by atoms with Crippen LogP contribution in [0.1, 0.15) is 16.7 Å². The number of methoxy groups -OCH3 is 1. The summed E-state index contributed by atoms with van der Waals surface area (Å²) in [5, 5.41) is 3.60. The second-order valence-electron chi connectivity index (χ2n) is 5.93. The molecule has 0 atom stereocenters. The normalized spacial score (nSPS) is 10.8. The highest BCUT2D eigenvalue weighted by atomic mass is 35.5. The van der Waals surface area contributed by atoms with Crippen LogP contribution in [0.3, 0.4) is 0 Å². The van der Waals surface area contributed by atoms with Crippen molar-refractivity contribution in [2.24, 2.45) is 0 Å². The van der Waals surface area contributed by atoms with Gasteiger partial charge in [-0.1, -0.05) is 29.8 Å². The van der Waals surface area contributed by atoms with Gasteiger partial charge in [-0.2, -0.15) is 0 Å². The summed E-state index contributed by atoms with van der Waals surface area (Å²) < 4.78 is 5.14. The van der Waals surface area contributed by atoms with Crippen LogP contribution in [0.4, 0.5) is 5.69 Å². The second kappa shape index (κ2) is 8.18. The number of aryl methyl sites for hydroxylation is 1. The number of likely N-dealkylation sites (N-methyl/N-ethyl adjacent to an activating group) is 1. The summed E-state index contributed by atoms with van der Waals surface area (Å²) in [7, 11) is 3.50. The molecule has 0 saturated heterocycles. The molecular formula is C19H23ClN2O2. The highest BCUT2D eigenvalue weighted by molar-refractivity contribution is 6.31. The molecule has 0 spiro atoms. The van der Waals surface area contributed by atoms with Crippen molar-refractivity contribution < 1.29 is 9.53 Å². The molecule has 0 bridgehead atoms. The lowest BCUT2D eigenvalue weighted by atomic mass is 10.1.